The molecule has 1 heterocycles. The van der Waals surface area contributed by atoms with Gasteiger partial charge in [-0.1, -0.05) is 15.9 Å². The number of ether oxygens (including phenoxy) is 1. The molecule has 2 N–H and O–H groups in total. The summed E-state index contributed by atoms with van der Waals surface area (Å²) in [5.41, 5.74) is 6.12. The first kappa shape index (κ1) is 8.72. The van der Waals surface area contributed by atoms with Crippen LogP contribution in [-0.2, 0) is 0 Å². The number of carbonyl (C=O) groups is 1. The Labute approximate surface area is 84.0 Å². The van der Waals surface area contributed by atoms with E-state index >= 15 is 0 Å². The summed E-state index contributed by atoms with van der Waals surface area (Å²) >= 11 is 3.29. The molecule has 0 aromatic heterocycles. The molecule has 0 bridgehead atoms. The second-order valence-corrected chi connectivity index (χ2v) is 3.84. The van der Waals surface area contributed by atoms with E-state index in [0.717, 1.165) is 4.47 Å². The van der Waals surface area contributed by atoms with E-state index in [0.29, 0.717) is 11.3 Å². The molecule has 1 aliphatic rings. The number of rotatable bonds is 0. The number of hydrogen-bond acceptors (Lipinski definition) is 3. The average Bonchev–Trinajstić information content (AvgIpc) is 2.12. The topological polar surface area (TPSA) is 52.3 Å². The van der Waals surface area contributed by atoms with Crippen LogP contribution in [0.1, 0.15) is 10.4 Å². The van der Waals surface area contributed by atoms with E-state index in [9.17, 15) is 4.79 Å². The minimum Gasteiger partial charge on any atom is -0.491 e. The van der Waals surface area contributed by atoms with Gasteiger partial charge < -0.3 is 10.5 Å². The number of fused-ring (bicyclic) bond motifs is 1. The quantitative estimate of drug-likeness (QED) is 0.747. The average molecular weight is 242 g/mol. The molecule has 0 amide bonds. The molecule has 0 spiro atoms. The van der Waals surface area contributed by atoms with Gasteiger partial charge in [0.15, 0.2) is 5.78 Å². The van der Waals surface area contributed by atoms with Crippen molar-refractivity contribution < 1.29 is 9.53 Å². The molecule has 1 aliphatic heterocycles. The van der Waals surface area contributed by atoms with Gasteiger partial charge in [0.2, 0.25) is 0 Å². The molecule has 0 aliphatic carbocycles. The highest BCUT2D eigenvalue weighted by Crippen LogP contribution is 2.27. The molecular formula is C9H8BrNO2. The van der Waals surface area contributed by atoms with Gasteiger partial charge in [-0.2, -0.15) is 0 Å². The highest BCUT2D eigenvalue weighted by molar-refractivity contribution is 9.10. The minimum absolute atomic E-state index is 0.0532. The third-order valence-corrected chi connectivity index (χ3v) is 2.46. The summed E-state index contributed by atoms with van der Waals surface area (Å²) in [5, 5.41) is 0. The molecule has 1 unspecified atom stereocenters. The lowest BCUT2D eigenvalue weighted by atomic mass is 10.0. The number of Topliss-reactive ketones (excluding diaryl/α,β-unsaturated/α-hetero) is 1. The summed E-state index contributed by atoms with van der Waals surface area (Å²) in [6.45, 7) is 0.271. The van der Waals surface area contributed by atoms with Gasteiger partial charge in [-0.05, 0) is 18.2 Å². The Kier molecular flexibility index (Phi) is 2.09. The van der Waals surface area contributed by atoms with Gasteiger partial charge in [0.1, 0.15) is 18.4 Å². The van der Waals surface area contributed by atoms with Crippen LogP contribution >= 0.6 is 15.9 Å². The molecule has 1 atom stereocenters. The summed E-state index contributed by atoms with van der Waals surface area (Å²) in [6, 6.07) is 4.81. The minimum atomic E-state index is -0.526. The van der Waals surface area contributed by atoms with E-state index in [1.165, 1.54) is 0 Å². The molecule has 0 saturated heterocycles. The lowest BCUT2D eigenvalue weighted by molar-refractivity contribution is 0.0899. The summed E-state index contributed by atoms with van der Waals surface area (Å²) in [4.78, 5) is 11.5. The second-order valence-electron chi connectivity index (χ2n) is 2.92. The first-order chi connectivity index (χ1) is 6.18. The Balaban J connectivity index is 2.51. The van der Waals surface area contributed by atoms with E-state index in [4.69, 9.17) is 10.5 Å². The van der Waals surface area contributed by atoms with Crippen LogP contribution in [0.5, 0.6) is 5.75 Å². The first-order valence-corrected chi connectivity index (χ1v) is 4.70. The molecule has 0 fully saturated rings. The molecule has 1 aromatic carbocycles. The van der Waals surface area contributed by atoms with E-state index < -0.39 is 6.04 Å². The van der Waals surface area contributed by atoms with E-state index in [1.54, 1.807) is 12.1 Å². The van der Waals surface area contributed by atoms with Gasteiger partial charge in [0.25, 0.3) is 0 Å². The van der Waals surface area contributed by atoms with Crippen LogP contribution in [0.15, 0.2) is 22.7 Å². The first-order valence-electron chi connectivity index (χ1n) is 3.90. The Morgan fingerprint density at radius 3 is 3.08 bits per heavy atom. The largest absolute Gasteiger partial charge is 0.491 e. The van der Waals surface area contributed by atoms with E-state index in [1.807, 2.05) is 6.07 Å². The maximum absolute atomic E-state index is 11.5. The third-order valence-electron chi connectivity index (χ3n) is 1.96. The number of nitrogens with two attached hydrogens (primary N) is 1. The summed E-state index contributed by atoms with van der Waals surface area (Å²) in [5.74, 6) is 0.567. The van der Waals surface area contributed by atoms with Crippen molar-refractivity contribution in [2.24, 2.45) is 5.73 Å². The van der Waals surface area contributed by atoms with Crippen LogP contribution in [0, 0.1) is 0 Å². The normalized spacial score (nSPS) is 20.8. The van der Waals surface area contributed by atoms with Crippen LogP contribution in [-0.4, -0.2) is 18.4 Å². The molecule has 2 rings (SSSR count). The summed E-state index contributed by atoms with van der Waals surface area (Å²) in [7, 11) is 0. The molecule has 0 saturated carbocycles. The Morgan fingerprint density at radius 1 is 1.54 bits per heavy atom. The number of benzene rings is 1. The van der Waals surface area contributed by atoms with Crippen molar-refractivity contribution in [2.45, 2.75) is 6.04 Å². The van der Waals surface area contributed by atoms with Crippen molar-refractivity contribution in [3.63, 3.8) is 0 Å². The van der Waals surface area contributed by atoms with Gasteiger partial charge in [0, 0.05) is 4.47 Å². The number of carbonyl (C=O) groups excluding carboxylic acids is 1. The Morgan fingerprint density at radius 2 is 2.31 bits per heavy atom. The monoisotopic (exact) mass is 241 g/mol. The molecular weight excluding hydrogens is 234 g/mol. The highest BCUT2D eigenvalue weighted by atomic mass is 79.9. The fourth-order valence-corrected chi connectivity index (χ4v) is 1.64. The van der Waals surface area contributed by atoms with Gasteiger partial charge in [0.05, 0.1) is 5.56 Å². The van der Waals surface area contributed by atoms with Crippen molar-refractivity contribution in [1.82, 2.24) is 0 Å². The third kappa shape index (κ3) is 1.47. The molecule has 13 heavy (non-hydrogen) atoms. The lowest BCUT2D eigenvalue weighted by Crippen LogP contribution is -2.40. The number of hydrogen-bond donors (Lipinski definition) is 1. The Hall–Kier alpha value is -0.870. The smallest absolute Gasteiger partial charge is 0.186 e. The van der Waals surface area contributed by atoms with Gasteiger partial charge in [-0.3, -0.25) is 4.79 Å². The molecule has 3 nitrogen and oxygen atoms in total. The zero-order valence-corrected chi connectivity index (χ0v) is 8.37. The SMILES string of the molecule is NC1COc2ccc(Br)cc2C1=O. The molecule has 0 radical (unpaired) electrons. The van der Waals surface area contributed by atoms with Crippen molar-refractivity contribution in [1.29, 1.82) is 0 Å². The molecule has 68 valence electrons. The van der Waals surface area contributed by atoms with Gasteiger partial charge in [-0.15, -0.1) is 0 Å². The van der Waals surface area contributed by atoms with Gasteiger partial charge >= 0.3 is 0 Å². The van der Waals surface area contributed by atoms with Crippen LogP contribution in [0.25, 0.3) is 0 Å². The predicted octanol–water partition coefficient (Wildman–Crippen LogP) is 1.35. The Bertz CT molecular complexity index is 365. The highest BCUT2D eigenvalue weighted by Gasteiger charge is 2.25. The fourth-order valence-electron chi connectivity index (χ4n) is 1.28. The molecule has 1 aromatic rings. The number of ketones is 1. The second kappa shape index (κ2) is 3.12. The van der Waals surface area contributed by atoms with Crippen LogP contribution in [0.4, 0.5) is 0 Å². The van der Waals surface area contributed by atoms with E-state index in [-0.39, 0.29) is 12.4 Å². The zero-order chi connectivity index (χ0) is 9.42. The van der Waals surface area contributed by atoms with Gasteiger partial charge in [-0.25, -0.2) is 0 Å². The summed E-state index contributed by atoms with van der Waals surface area (Å²) in [6.07, 6.45) is 0. The molecule has 4 heteroatoms. The summed E-state index contributed by atoms with van der Waals surface area (Å²) < 4.78 is 6.15. The van der Waals surface area contributed by atoms with E-state index in [2.05, 4.69) is 15.9 Å². The lowest BCUT2D eigenvalue weighted by Gasteiger charge is -2.20. The predicted molar refractivity (Wildman–Crippen MR) is 51.9 cm³/mol. The maximum Gasteiger partial charge on any atom is 0.186 e. The van der Waals surface area contributed by atoms with Crippen molar-refractivity contribution in [3.8, 4) is 5.75 Å². The van der Waals surface area contributed by atoms with Crippen molar-refractivity contribution in [3.05, 3.63) is 28.2 Å². The van der Waals surface area contributed by atoms with Crippen molar-refractivity contribution >= 4 is 21.7 Å². The number of halogens is 1. The zero-order valence-electron chi connectivity index (χ0n) is 6.79. The maximum atomic E-state index is 11.5. The fraction of sp³-hybridized carbons (Fsp3) is 0.222. The van der Waals surface area contributed by atoms with Crippen LogP contribution < -0.4 is 10.5 Å². The van der Waals surface area contributed by atoms with Crippen LogP contribution in [0.3, 0.4) is 0 Å². The van der Waals surface area contributed by atoms with Crippen LogP contribution in [0.2, 0.25) is 0 Å². The standard InChI is InChI=1S/C9H8BrNO2/c10-5-1-2-8-6(3-5)9(12)7(11)4-13-8/h1-3,7H,4,11H2. The van der Waals surface area contributed by atoms with Crippen molar-refractivity contribution in [2.75, 3.05) is 6.61 Å².